The SMILES string of the molecule is c1ccc(P(c2ccccc2)N(CC2CCCCC2)P(c2ccccc2)c2ccccc2)cc1. The molecule has 0 bridgehead atoms. The van der Waals surface area contributed by atoms with Crippen molar-refractivity contribution in [3.8, 4) is 0 Å². The Bertz CT molecular complexity index is 951. The normalized spacial score (nSPS) is 14.7. The van der Waals surface area contributed by atoms with Crippen molar-refractivity contribution in [1.82, 2.24) is 4.44 Å². The molecule has 0 unspecified atom stereocenters. The van der Waals surface area contributed by atoms with Crippen molar-refractivity contribution in [2.24, 2.45) is 5.92 Å². The Hall–Kier alpha value is -2.30. The third-order valence-electron chi connectivity index (χ3n) is 6.61. The van der Waals surface area contributed by atoms with Crippen LogP contribution in [-0.2, 0) is 0 Å². The quantitative estimate of drug-likeness (QED) is 0.246. The molecule has 0 spiro atoms. The number of rotatable bonds is 8. The van der Waals surface area contributed by atoms with Crippen LogP contribution in [0.1, 0.15) is 32.1 Å². The fraction of sp³-hybridized carbons (Fsp3) is 0.226. The molecule has 1 aliphatic carbocycles. The average Bonchev–Trinajstić information content (AvgIpc) is 2.92. The van der Waals surface area contributed by atoms with Gasteiger partial charge in [-0.1, -0.05) is 141 Å². The van der Waals surface area contributed by atoms with Gasteiger partial charge in [0.25, 0.3) is 0 Å². The van der Waals surface area contributed by atoms with E-state index < -0.39 is 16.1 Å². The molecule has 1 aliphatic rings. The molecule has 1 saturated carbocycles. The molecule has 3 heteroatoms. The molecular formula is C31H33NP2. The predicted octanol–water partition coefficient (Wildman–Crippen LogP) is 6.96. The van der Waals surface area contributed by atoms with Crippen LogP contribution in [0.5, 0.6) is 0 Å². The Kier molecular flexibility index (Phi) is 8.21. The van der Waals surface area contributed by atoms with Crippen LogP contribution in [0.15, 0.2) is 121 Å². The Balaban J connectivity index is 1.67. The summed E-state index contributed by atoms with van der Waals surface area (Å²) in [6.07, 6.45) is 6.87. The van der Waals surface area contributed by atoms with E-state index in [2.05, 4.69) is 126 Å². The van der Waals surface area contributed by atoms with E-state index in [1.54, 1.807) is 0 Å². The highest BCUT2D eigenvalue weighted by Crippen LogP contribution is 2.55. The number of benzene rings is 4. The molecule has 0 heterocycles. The molecule has 0 amide bonds. The van der Waals surface area contributed by atoms with Crippen molar-refractivity contribution < 1.29 is 0 Å². The summed E-state index contributed by atoms with van der Waals surface area (Å²) in [4.78, 5) is 0. The van der Waals surface area contributed by atoms with Crippen LogP contribution in [-0.4, -0.2) is 11.0 Å². The summed E-state index contributed by atoms with van der Waals surface area (Å²) in [6.45, 7) is 1.16. The minimum absolute atomic E-state index is 0.664. The second-order valence-electron chi connectivity index (χ2n) is 9.02. The lowest BCUT2D eigenvalue weighted by atomic mass is 9.89. The molecule has 0 saturated heterocycles. The molecule has 0 N–H and O–H groups in total. The molecule has 5 rings (SSSR count). The van der Waals surface area contributed by atoms with Gasteiger partial charge in [-0.05, 0) is 40.0 Å². The van der Waals surface area contributed by atoms with Crippen LogP contribution in [0, 0.1) is 5.92 Å². The van der Waals surface area contributed by atoms with E-state index in [-0.39, 0.29) is 0 Å². The summed E-state index contributed by atoms with van der Waals surface area (Å²) >= 11 is 0. The van der Waals surface area contributed by atoms with E-state index >= 15 is 0 Å². The maximum atomic E-state index is 2.93. The monoisotopic (exact) mass is 481 g/mol. The van der Waals surface area contributed by atoms with Crippen LogP contribution in [0.3, 0.4) is 0 Å². The molecule has 4 aromatic carbocycles. The zero-order valence-corrected chi connectivity index (χ0v) is 21.5. The zero-order chi connectivity index (χ0) is 23.0. The van der Waals surface area contributed by atoms with Crippen LogP contribution in [0.2, 0.25) is 0 Å². The van der Waals surface area contributed by atoms with Crippen LogP contribution >= 0.6 is 16.1 Å². The van der Waals surface area contributed by atoms with E-state index in [1.807, 2.05) is 0 Å². The van der Waals surface area contributed by atoms with Gasteiger partial charge in [-0.2, -0.15) is 0 Å². The first-order chi connectivity index (χ1) is 16.9. The third kappa shape index (κ3) is 5.67. The van der Waals surface area contributed by atoms with E-state index in [4.69, 9.17) is 0 Å². The third-order valence-corrected chi connectivity index (χ3v) is 12.1. The summed E-state index contributed by atoms with van der Waals surface area (Å²) in [5, 5.41) is 5.77. The second-order valence-corrected chi connectivity index (χ2v) is 13.6. The summed E-state index contributed by atoms with van der Waals surface area (Å²) in [5.41, 5.74) is 0. The van der Waals surface area contributed by atoms with Crippen molar-refractivity contribution in [2.75, 3.05) is 6.54 Å². The van der Waals surface area contributed by atoms with Gasteiger partial charge < -0.3 is 0 Å². The Morgan fingerprint density at radius 2 is 0.794 bits per heavy atom. The summed E-state index contributed by atoms with van der Waals surface area (Å²) < 4.78 is 2.93. The molecule has 4 aromatic rings. The molecular weight excluding hydrogens is 448 g/mol. The fourth-order valence-corrected chi connectivity index (χ4v) is 11.2. The van der Waals surface area contributed by atoms with Gasteiger partial charge in [0.15, 0.2) is 0 Å². The molecule has 172 valence electrons. The van der Waals surface area contributed by atoms with E-state index in [0.717, 1.165) is 12.5 Å². The Labute approximate surface area is 207 Å². The minimum Gasteiger partial charge on any atom is -0.244 e. The van der Waals surface area contributed by atoms with Gasteiger partial charge in [-0.3, -0.25) is 0 Å². The van der Waals surface area contributed by atoms with Crippen molar-refractivity contribution >= 4 is 37.4 Å². The van der Waals surface area contributed by atoms with Gasteiger partial charge in [0.05, 0.1) is 0 Å². The Morgan fingerprint density at radius 3 is 1.12 bits per heavy atom. The van der Waals surface area contributed by atoms with Crippen molar-refractivity contribution in [1.29, 1.82) is 0 Å². The van der Waals surface area contributed by atoms with Crippen LogP contribution in [0.4, 0.5) is 0 Å². The predicted molar refractivity (Wildman–Crippen MR) is 151 cm³/mol. The van der Waals surface area contributed by atoms with Crippen molar-refractivity contribution in [3.63, 3.8) is 0 Å². The van der Waals surface area contributed by atoms with E-state index in [9.17, 15) is 0 Å². The number of nitrogens with zero attached hydrogens (tertiary/aromatic N) is 1. The van der Waals surface area contributed by atoms with Gasteiger partial charge in [0, 0.05) is 22.7 Å². The van der Waals surface area contributed by atoms with Gasteiger partial charge in [0.1, 0.15) is 0 Å². The highest BCUT2D eigenvalue weighted by molar-refractivity contribution is 7.84. The first-order valence-corrected chi connectivity index (χ1v) is 15.1. The maximum absolute atomic E-state index is 2.93. The smallest absolute Gasteiger partial charge is 0.0323 e. The number of hydrogen-bond donors (Lipinski definition) is 0. The lowest BCUT2D eigenvalue weighted by molar-refractivity contribution is 0.334. The van der Waals surface area contributed by atoms with Gasteiger partial charge >= 0.3 is 0 Å². The molecule has 1 nitrogen and oxygen atoms in total. The zero-order valence-electron chi connectivity index (χ0n) is 19.7. The molecule has 0 aromatic heterocycles. The molecule has 0 radical (unpaired) electrons. The van der Waals surface area contributed by atoms with Crippen molar-refractivity contribution in [3.05, 3.63) is 121 Å². The Morgan fingerprint density at radius 1 is 0.471 bits per heavy atom. The largest absolute Gasteiger partial charge is 0.244 e. The van der Waals surface area contributed by atoms with Crippen LogP contribution in [0.25, 0.3) is 0 Å². The fourth-order valence-electron chi connectivity index (χ4n) is 4.96. The van der Waals surface area contributed by atoms with Gasteiger partial charge in [-0.25, -0.2) is 4.44 Å². The first-order valence-electron chi connectivity index (χ1n) is 12.5. The van der Waals surface area contributed by atoms with Crippen molar-refractivity contribution in [2.45, 2.75) is 32.1 Å². The molecule has 0 atom stereocenters. The van der Waals surface area contributed by atoms with Crippen LogP contribution < -0.4 is 21.2 Å². The first kappa shape index (κ1) is 23.4. The highest BCUT2D eigenvalue weighted by atomic mass is 31.2. The summed E-state index contributed by atoms with van der Waals surface area (Å²) in [5.74, 6) is 0.767. The molecule has 0 aliphatic heterocycles. The maximum Gasteiger partial charge on any atom is 0.0323 e. The lowest BCUT2D eigenvalue weighted by Gasteiger charge is -2.41. The summed E-state index contributed by atoms with van der Waals surface area (Å²) in [7, 11) is -1.33. The highest BCUT2D eigenvalue weighted by Gasteiger charge is 2.33. The summed E-state index contributed by atoms with van der Waals surface area (Å²) in [6, 6.07) is 45.0. The lowest BCUT2D eigenvalue weighted by Crippen LogP contribution is -2.35. The number of hydrogen-bond acceptors (Lipinski definition) is 1. The topological polar surface area (TPSA) is 3.24 Å². The van der Waals surface area contributed by atoms with E-state index in [0.29, 0.717) is 0 Å². The second kappa shape index (κ2) is 11.9. The van der Waals surface area contributed by atoms with Gasteiger partial charge in [-0.15, -0.1) is 0 Å². The molecule has 34 heavy (non-hydrogen) atoms. The minimum atomic E-state index is -0.664. The van der Waals surface area contributed by atoms with E-state index in [1.165, 1.54) is 53.3 Å². The van der Waals surface area contributed by atoms with Gasteiger partial charge in [0.2, 0.25) is 0 Å². The standard InChI is InChI=1S/C31H33NP2/c1-6-16-27(17-7-1)26-32(33(28-18-8-2-9-19-28)29-20-10-3-11-21-29)34(30-22-12-4-13-23-30)31-24-14-5-15-25-31/h2-5,8-15,18-25,27H,1,6-7,16-17,26H2. The molecule has 1 fully saturated rings. The average molecular weight is 482 g/mol.